The lowest BCUT2D eigenvalue weighted by molar-refractivity contribution is 0.102. The molecule has 0 bridgehead atoms. The third-order valence-electron chi connectivity index (χ3n) is 4.34. The lowest BCUT2D eigenvalue weighted by Crippen LogP contribution is -2.23. The highest BCUT2D eigenvalue weighted by atomic mass is 32.2. The zero-order chi connectivity index (χ0) is 19.5. The van der Waals surface area contributed by atoms with Gasteiger partial charge in [-0.25, -0.2) is 4.98 Å². The number of carbonyl (C=O) groups is 1. The van der Waals surface area contributed by atoms with Crippen LogP contribution < -0.4 is 5.56 Å². The Morgan fingerprint density at radius 1 is 1.21 bits per heavy atom. The molecule has 3 heterocycles. The highest BCUT2D eigenvalue weighted by Gasteiger charge is 2.17. The number of furan rings is 1. The van der Waals surface area contributed by atoms with Crippen molar-refractivity contribution in [3.05, 3.63) is 81.3 Å². The Balaban J connectivity index is 1.70. The number of fused-ring (bicyclic) bond motifs is 1. The number of Topliss-reactive ketones (excluding diaryl/α,β-unsaturated/α-hetero) is 1. The summed E-state index contributed by atoms with van der Waals surface area (Å²) in [6, 6.07) is 14.7. The predicted octanol–water partition coefficient (Wildman–Crippen LogP) is 4.64. The normalized spacial score (nSPS) is 11.2. The van der Waals surface area contributed by atoms with Crippen LogP contribution in [0.4, 0.5) is 0 Å². The summed E-state index contributed by atoms with van der Waals surface area (Å²) in [4.78, 5) is 32.1. The van der Waals surface area contributed by atoms with E-state index in [0.717, 1.165) is 11.3 Å². The molecular weight excluding hydrogens is 392 g/mol. The molecule has 4 aromatic rings. The molecule has 0 saturated heterocycles. The van der Waals surface area contributed by atoms with E-state index in [4.69, 9.17) is 9.40 Å². The van der Waals surface area contributed by atoms with Crippen LogP contribution in [0, 0.1) is 0 Å². The van der Waals surface area contributed by atoms with Crippen LogP contribution in [0.3, 0.4) is 0 Å². The largest absolute Gasteiger partial charge is 0.467 e. The summed E-state index contributed by atoms with van der Waals surface area (Å²) >= 11 is 2.81. The Morgan fingerprint density at radius 2 is 2.04 bits per heavy atom. The molecule has 3 aromatic heterocycles. The quantitative estimate of drug-likeness (QED) is 0.252. The van der Waals surface area contributed by atoms with Crippen LogP contribution in [0.5, 0.6) is 0 Å². The Labute approximate surface area is 170 Å². The fraction of sp³-hybridized carbons (Fsp3) is 0.190. The Hall–Kier alpha value is -2.64. The first-order chi connectivity index (χ1) is 13.7. The van der Waals surface area contributed by atoms with E-state index in [0.29, 0.717) is 26.7 Å². The van der Waals surface area contributed by atoms with Gasteiger partial charge in [-0.1, -0.05) is 49.0 Å². The van der Waals surface area contributed by atoms with Crippen LogP contribution in [0.1, 0.15) is 27.9 Å². The van der Waals surface area contributed by atoms with E-state index < -0.39 is 0 Å². The van der Waals surface area contributed by atoms with Crippen molar-refractivity contribution >= 4 is 39.1 Å². The molecule has 0 fully saturated rings. The highest BCUT2D eigenvalue weighted by Crippen LogP contribution is 2.26. The highest BCUT2D eigenvalue weighted by molar-refractivity contribution is 7.99. The summed E-state index contributed by atoms with van der Waals surface area (Å²) in [5, 5.41) is 1.15. The van der Waals surface area contributed by atoms with Crippen molar-refractivity contribution in [1.29, 1.82) is 0 Å². The number of thiophene rings is 1. The number of aromatic nitrogens is 2. The number of thioether (sulfide) groups is 1. The van der Waals surface area contributed by atoms with Gasteiger partial charge in [-0.05, 0) is 24.6 Å². The van der Waals surface area contributed by atoms with Crippen LogP contribution in [0.15, 0.2) is 69.2 Å². The first-order valence-electron chi connectivity index (χ1n) is 8.92. The van der Waals surface area contributed by atoms with Crippen LogP contribution in [-0.2, 0) is 13.0 Å². The van der Waals surface area contributed by atoms with Gasteiger partial charge in [-0.2, -0.15) is 0 Å². The number of ketones is 1. The minimum Gasteiger partial charge on any atom is -0.467 e. The molecule has 0 radical (unpaired) electrons. The van der Waals surface area contributed by atoms with Crippen molar-refractivity contribution in [3.63, 3.8) is 0 Å². The Morgan fingerprint density at radius 3 is 2.75 bits per heavy atom. The van der Waals surface area contributed by atoms with E-state index in [1.165, 1.54) is 23.1 Å². The lowest BCUT2D eigenvalue weighted by atomic mass is 10.2. The van der Waals surface area contributed by atoms with Crippen molar-refractivity contribution < 1.29 is 9.21 Å². The Bertz CT molecular complexity index is 1160. The average molecular weight is 411 g/mol. The molecule has 4 rings (SSSR count). The number of rotatable bonds is 7. The molecule has 7 heteroatoms. The maximum absolute atomic E-state index is 13.1. The Kier molecular flexibility index (Phi) is 5.45. The molecule has 5 nitrogen and oxygen atoms in total. The van der Waals surface area contributed by atoms with Gasteiger partial charge >= 0.3 is 0 Å². The van der Waals surface area contributed by atoms with Crippen LogP contribution >= 0.6 is 23.1 Å². The first-order valence-corrected chi connectivity index (χ1v) is 10.7. The van der Waals surface area contributed by atoms with Crippen molar-refractivity contribution in [2.45, 2.75) is 25.0 Å². The van der Waals surface area contributed by atoms with Gasteiger partial charge in [0.25, 0.3) is 5.56 Å². The van der Waals surface area contributed by atoms with Crippen LogP contribution in [-0.4, -0.2) is 21.1 Å². The summed E-state index contributed by atoms with van der Waals surface area (Å²) in [6.45, 7) is 2.34. The fourth-order valence-corrected chi connectivity index (χ4v) is 4.77. The first kappa shape index (κ1) is 18.7. The zero-order valence-corrected chi connectivity index (χ0v) is 16.9. The maximum Gasteiger partial charge on any atom is 0.263 e. The molecular formula is C21H18N2O3S2. The third kappa shape index (κ3) is 3.81. The van der Waals surface area contributed by atoms with Gasteiger partial charge in [-0.3, -0.25) is 14.2 Å². The molecule has 28 heavy (non-hydrogen) atoms. The second kappa shape index (κ2) is 8.16. The zero-order valence-electron chi connectivity index (χ0n) is 15.3. The smallest absolute Gasteiger partial charge is 0.263 e. The number of carbonyl (C=O) groups excluding carboxylic acids is 1. The molecule has 142 valence electrons. The van der Waals surface area contributed by atoms with Crippen molar-refractivity contribution in [3.8, 4) is 0 Å². The molecule has 0 saturated carbocycles. The average Bonchev–Trinajstić information content (AvgIpc) is 3.38. The minimum absolute atomic E-state index is 0.00456. The number of hydrogen-bond acceptors (Lipinski definition) is 6. The summed E-state index contributed by atoms with van der Waals surface area (Å²) < 4.78 is 7.01. The molecule has 0 N–H and O–H groups in total. The van der Waals surface area contributed by atoms with Gasteiger partial charge in [0.15, 0.2) is 10.9 Å². The van der Waals surface area contributed by atoms with Crippen molar-refractivity contribution in [2.24, 2.45) is 0 Å². The predicted molar refractivity (Wildman–Crippen MR) is 113 cm³/mol. The number of benzene rings is 1. The van der Waals surface area contributed by atoms with Crippen LogP contribution in [0.25, 0.3) is 10.2 Å². The molecule has 1 aromatic carbocycles. The van der Waals surface area contributed by atoms with Crippen molar-refractivity contribution in [1.82, 2.24) is 9.55 Å². The van der Waals surface area contributed by atoms with E-state index in [1.54, 1.807) is 29.0 Å². The van der Waals surface area contributed by atoms with Gasteiger partial charge in [-0.15, -0.1) is 11.3 Å². The molecule has 0 spiro atoms. The second-order valence-electron chi connectivity index (χ2n) is 6.23. The topological polar surface area (TPSA) is 65.1 Å². The van der Waals surface area contributed by atoms with Gasteiger partial charge in [0, 0.05) is 10.4 Å². The van der Waals surface area contributed by atoms with Crippen molar-refractivity contribution in [2.75, 3.05) is 5.75 Å². The molecule has 0 amide bonds. The minimum atomic E-state index is -0.105. The fourth-order valence-electron chi connectivity index (χ4n) is 2.87. The van der Waals surface area contributed by atoms with Crippen LogP contribution in [0.2, 0.25) is 0 Å². The third-order valence-corrected chi connectivity index (χ3v) is 6.49. The van der Waals surface area contributed by atoms with E-state index in [-0.39, 0.29) is 23.6 Å². The SMILES string of the molecule is CCc1cc2c(=O)n(Cc3ccco3)c(SCC(=O)c3ccccc3)nc2s1. The summed E-state index contributed by atoms with van der Waals surface area (Å²) in [6.07, 6.45) is 2.44. The van der Waals surface area contributed by atoms with E-state index in [9.17, 15) is 9.59 Å². The number of aryl methyl sites for hydroxylation is 1. The molecule has 0 aliphatic carbocycles. The van der Waals surface area contributed by atoms with Gasteiger partial charge in [0.05, 0.1) is 23.9 Å². The van der Waals surface area contributed by atoms with E-state index >= 15 is 0 Å². The van der Waals surface area contributed by atoms with Gasteiger partial charge in [0.2, 0.25) is 0 Å². The van der Waals surface area contributed by atoms with E-state index in [1.807, 2.05) is 30.3 Å². The maximum atomic E-state index is 13.1. The van der Waals surface area contributed by atoms with Gasteiger partial charge < -0.3 is 4.42 Å². The monoisotopic (exact) mass is 410 g/mol. The molecule has 0 aliphatic heterocycles. The standard InChI is InChI=1S/C21H18N2O3S2/c1-2-16-11-17-19(28-16)22-21(23(20(17)25)12-15-9-6-10-26-15)27-13-18(24)14-7-4-3-5-8-14/h3-11H,2,12-13H2,1H3. The van der Waals surface area contributed by atoms with Gasteiger partial charge in [0.1, 0.15) is 10.6 Å². The summed E-state index contributed by atoms with van der Waals surface area (Å²) in [7, 11) is 0. The molecule has 0 aliphatic rings. The lowest BCUT2D eigenvalue weighted by Gasteiger charge is -2.10. The molecule has 0 atom stereocenters. The molecule has 0 unspecified atom stereocenters. The number of nitrogens with zero attached hydrogens (tertiary/aromatic N) is 2. The van der Waals surface area contributed by atoms with E-state index in [2.05, 4.69) is 6.92 Å². The summed E-state index contributed by atoms with van der Waals surface area (Å²) in [5.41, 5.74) is 0.549. The number of hydrogen-bond donors (Lipinski definition) is 0. The second-order valence-corrected chi connectivity index (χ2v) is 8.29. The summed E-state index contributed by atoms with van der Waals surface area (Å²) in [5.74, 6) is 0.891.